The summed E-state index contributed by atoms with van der Waals surface area (Å²) in [4.78, 5) is 0. The number of benzene rings is 2. The van der Waals surface area contributed by atoms with Crippen molar-refractivity contribution in [3.05, 3.63) is 59.7 Å². The maximum absolute atomic E-state index is 12.3. The molecule has 0 bridgehead atoms. The fourth-order valence-corrected chi connectivity index (χ4v) is 4.98. The van der Waals surface area contributed by atoms with Gasteiger partial charge in [0.25, 0.3) is 0 Å². The molecule has 0 aliphatic carbocycles. The van der Waals surface area contributed by atoms with E-state index in [1.165, 1.54) is 88.2 Å². The number of hydrogen-bond acceptors (Lipinski definition) is 4. The van der Waals surface area contributed by atoms with Crippen molar-refractivity contribution in [1.82, 2.24) is 0 Å². The van der Waals surface area contributed by atoms with Crippen molar-refractivity contribution in [3.8, 4) is 11.5 Å². The van der Waals surface area contributed by atoms with E-state index in [4.69, 9.17) is 8.37 Å². The minimum absolute atomic E-state index is 0.267. The van der Waals surface area contributed by atoms with Crippen molar-refractivity contribution in [2.24, 2.45) is 0 Å². The standard InChI is InChI=1S/C30H46O4S/c1-3-5-7-9-11-13-15-17-27-19-23-29(24-20-27)33-35(31,32)34-30-25-21-28(22-26-30)18-16-14-12-10-8-6-4-2/h19-26H,3-18H2,1-2H3. The van der Waals surface area contributed by atoms with Crippen LogP contribution in [0.4, 0.5) is 0 Å². The summed E-state index contributed by atoms with van der Waals surface area (Å²) in [5.74, 6) is 0.535. The molecule has 2 aromatic rings. The van der Waals surface area contributed by atoms with E-state index < -0.39 is 10.4 Å². The van der Waals surface area contributed by atoms with Gasteiger partial charge < -0.3 is 8.37 Å². The Balaban J connectivity index is 1.69. The van der Waals surface area contributed by atoms with Crippen LogP contribution >= 0.6 is 0 Å². The fourth-order valence-electron chi connectivity index (χ4n) is 4.25. The van der Waals surface area contributed by atoms with Crippen LogP contribution in [-0.4, -0.2) is 8.42 Å². The zero-order chi connectivity index (χ0) is 25.2. The van der Waals surface area contributed by atoms with Gasteiger partial charge in [0.1, 0.15) is 11.5 Å². The monoisotopic (exact) mass is 502 g/mol. The van der Waals surface area contributed by atoms with Crippen LogP contribution in [0, 0.1) is 0 Å². The second kappa shape index (κ2) is 17.4. The normalized spacial score (nSPS) is 11.5. The van der Waals surface area contributed by atoms with E-state index in [1.54, 1.807) is 24.3 Å². The molecular formula is C30H46O4S. The summed E-state index contributed by atoms with van der Waals surface area (Å²) in [6.07, 6.45) is 19.9. The summed E-state index contributed by atoms with van der Waals surface area (Å²) in [5, 5.41) is 0. The molecule has 0 atom stereocenters. The third-order valence-corrected chi connectivity index (χ3v) is 7.17. The molecule has 196 valence electrons. The summed E-state index contributed by atoms with van der Waals surface area (Å²) in [6.45, 7) is 4.47. The lowest BCUT2D eigenvalue weighted by molar-refractivity contribution is 0.392. The van der Waals surface area contributed by atoms with Crippen molar-refractivity contribution < 1.29 is 16.8 Å². The first kappa shape index (κ1) is 29.2. The maximum Gasteiger partial charge on any atom is 0.500 e. The Bertz CT molecular complexity index is 819. The van der Waals surface area contributed by atoms with Gasteiger partial charge in [-0.25, -0.2) is 0 Å². The number of unbranched alkanes of at least 4 members (excludes halogenated alkanes) is 12. The third kappa shape index (κ3) is 13.6. The van der Waals surface area contributed by atoms with E-state index in [0.29, 0.717) is 0 Å². The summed E-state index contributed by atoms with van der Waals surface area (Å²) in [5.41, 5.74) is 2.39. The molecule has 0 aromatic heterocycles. The van der Waals surface area contributed by atoms with Gasteiger partial charge in [-0.15, -0.1) is 8.42 Å². The lowest BCUT2D eigenvalue weighted by atomic mass is 10.0. The minimum Gasteiger partial charge on any atom is -0.353 e. The van der Waals surface area contributed by atoms with Crippen molar-refractivity contribution in [2.45, 2.75) is 117 Å². The molecule has 0 spiro atoms. The van der Waals surface area contributed by atoms with E-state index in [9.17, 15) is 8.42 Å². The molecule has 2 rings (SSSR count). The predicted molar refractivity (Wildman–Crippen MR) is 146 cm³/mol. The van der Waals surface area contributed by atoms with Gasteiger partial charge in [-0.05, 0) is 61.1 Å². The number of rotatable bonds is 20. The second-order valence-electron chi connectivity index (χ2n) is 9.61. The molecule has 0 saturated heterocycles. The largest absolute Gasteiger partial charge is 0.500 e. The topological polar surface area (TPSA) is 52.6 Å². The summed E-state index contributed by atoms with van der Waals surface area (Å²) >= 11 is 0. The molecule has 0 heterocycles. The van der Waals surface area contributed by atoms with Crippen LogP contribution in [0.15, 0.2) is 48.5 Å². The maximum atomic E-state index is 12.3. The molecule has 35 heavy (non-hydrogen) atoms. The highest BCUT2D eigenvalue weighted by Gasteiger charge is 2.15. The molecular weight excluding hydrogens is 456 g/mol. The molecule has 0 N–H and O–H groups in total. The molecule has 0 radical (unpaired) electrons. The van der Waals surface area contributed by atoms with Crippen LogP contribution in [0.25, 0.3) is 0 Å². The second-order valence-corrected chi connectivity index (χ2v) is 10.8. The molecule has 0 aliphatic rings. The van der Waals surface area contributed by atoms with Gasteiger partial charge in [-0.1, -0.05) is 115 Å². The smallest absolute Gasteiger partial charge is 0.353 e. The minimum atomic E-state index is -4.18. The van der Waals surface area contributed by atoms with Gasteiger partial charge >= 0.3 is 10.4 Å². The van der Waals surface area contributed by atoms with Crippen molar-refractivity contribution in [1.29, 1.82) is 0 Å². The molecule has 0 aliphatic heterocycles. The summed E-state index contributed by atoms with van der Waals surface area (Å²) in [7, 11) is -4.18. The summed E-state index contributed by atoms with van der Waals surface area (Å²) < 4.78 is 34.9. The van der Waals surface area contributed by atoms with Crippen molar-refractivity contribution in [2.75, 3.05) is 0 Å². The van der Waals surface area contributed by atoms with E-state index in [2.05, 4.69) is 13.8 Å². The van der Waals surface area contributed by atoms with Crippen molar-refractivity contribution >= 4 is 10.4 Å². The van der Waals surface area contributed by atoms with Crippen LogP contribution in [0.1, 0.15) is 115 Å². The van der Waals surface area contributed by atoms with Gasteiger partial charge in [-0.3, -0.25) is 0 Å². The molecule has 5 heteroatoms. The van der Waals surface area contributed by atoms with E-state index >= 15 is 0 Å². The Morgan fingerprint density at radius 1 is 0.486 bits per heavy atom. The quantitative estimate of drug-likeness (QED) is 0.170. The lowest BCUT2D eigenvalue weighted by Gasteiger charge is -2.09. The molecule has 0 unspecified atom stereocenters. The lowest BCUT2D eigenvalue weighted by Crippen LogP contribution is -2.16. The fraction of sp³-hybridized carbons (Fsp3) is 0.600. The molecule has 2 aromatic carbocycles. The third-order valence-electron chi connectivity index (χ3n) is 6.38. The van der Waals surface area contributed by atoms with Crippen LogP contribution in [-0.2, 0) is 23.2 Å². The van der Waals surface area contributed by atoms with Crippen molar-refractivity contribution in [3.63, 3.8) is 0 Å². The van der Waals surface area contributed by atoms with Crippen LogP contribution in [0.3, 0.4) is 0 Å². The Hall–Kier alpha value is -2.01. The van der Waals surface area contributed by atoms with E-state index in [-0.39, 0.29) is 11.5 Å². The Morgan fingerprint density at radius 3 is 1.14 bits per heavy atom. The van der Waals surface area contributed by atoms with E-state index in [1.807, 2.05) is 24.3 Å². The van der Waals surface area contributed by atoms with E-state index in [0.717, 1.165) is 25.7 Å². The summed E-state index contributed by atoms with van der Waals surface area (Å²) in [6, 6.07) is 14.5. The first-order valence-corrected chi connectivity index (χ1v) is 15.2. The zero-order valence-electron chi connectivity index (χ0n) is 22.0. The Morgan fingerprint density at radius 2 is 0.800 bits per heavy atom. The highest BCUT2D eigenvalue weighted by Crippen LogP contribution is 2.20. The SMILES string of the molecule is CCCCCCCCCc1ccc(OS(=O)(=O)Oc2ccc(CCCCCCCCC)cc2)cc1. The van der Waals surface area contributed by atoms with Gasteiger partial charge in [0.15, 0.2) is 0 Å². The Labute approximate surface area is 214 Å². The highest BCUT2D eigenvalue weighted by molar-refractivity contribution is 7.82. The molecule has 0 amide bonds. The highest BCUT2D eigenvalue weighted by atomic mass is 32.3. The van der Waals surface area contributed by atoms with Crippen LogP contribution in [0.2, 0.25) is 0 Å². The molecule has 0 saturated carbocycles. The van der Waals surface area contributed by atoms with Crippen LogP contribution in [0.5, 0.6) is 11.5 Å². The number of aryl methyl sites for hydroxylation is 2. The first-order valence-electron chi connectivity index (χ1n) is 13.8. The average Bonchev–Trinajstić information content (AvgIpc) is 2.84. The van der Waals surface area contributed by atoms with Gasteiger partial charge in [0.05, 0.1) is 0 Å². The first-order chi connectivity index (χ1) is 17.0. The van der Waals surface area contributed by atoms with Gasteiger partial charge in [0, 0.05) is 0 Å². The average molecular weight is 503 g/mol. The van der Waals surface area contributed by atoms with Gasteiger partial charge in [-0.2, -0.15) is 0 Å². The van der Waals surface area contributed by atoms with Crippen LogP contribution < -0.4 is 8.37 Å². The van der Waals surface area contributed by atoms with Gasteiger partial charge in [0.2, 0.25) is 0 Å². The predicted octanol–water partition coefficient (Wildman–Crippen LogP) is 8.98. The number of hydrogen-bond donors (Lipinski definition) is 0. The molecule has 0 fully saturated rings. The molecule has 4 nitrogen and oxygen atoms in total. The zero-order valence-corrected chi connectivity index (χ0v) is 22.8. The Kier molecular flexibility index (Phi) is 14.5.